The second-order valence-electron chi connectivity index (χ2n) is 5.33. The molecule has 0 bridgehead atoms. The molecule has 122 valence electrons. The van der Waals surface area contributed by atoms with Crippen LogP contribution in [0.1, 0.15) is 31.0 Å². The van der Waals surface area contributed by atoms with E-state index in [1.165, 1.54) is 6.07 Å². The van der Waals surface area contributed by atoms with E-state index < -0.39 is 23.8 Å². The third kappa shape index (κ3) is 4.86. The third-order valence-electron chi connectivity index (χ3n) is 3.50. The molecular weight excluding hydrogens is 300 g/mol. The number of nitrogens with one attached hydrogen (secondary N) is 1. The summed E-state index contributed by atoms with van der Waals surface area (Å²) < 4.78 is 32.1. The quantitative estimate of drug-likeness (QED) is 0.880. The topological polar surface area (TPSA) is 38.3 Å². The van der Waals surface area contributed by atoms with Crippen LogP contribution in [0.25, 0.3) is 0 Å². The molecule has 2 atom stereocenters. The maximum atomic E-state index is 13.7. The van der Waals surface area contributed by atoms with E-state index in [0.29, 0.717) is 6.61 Å². The van der Waals surface area contributed by atoms with E-state index in [4.69, 9.17) is 4.74 Å². The molecule has 0 aliphatic rings. The van der Waals surface area contributed by atoms with E-state index in [0.717, 1.165) is 17.7 Å². The molecule has 5 heteroatoms. The van der Waals surface area contributed by atoms with Gasteiger partial charge < -0.3 is 10.1 Å². The van der Waals surface area contributed by atoms with Crippen molar-refractivity contribution in [2.75, 3.05) is 0 Å². The molecule has 2 rings (SSSR count). The maximum absolute atomic E-state index is 13.7. The van der Waals surface area contributed by atoms with Gasteiger partial charge in [0.2, 0.25) is 5.91 Å². The van der Waals surface area contributed by atoms with Crippen LogP contribution >= 0.6 is 0 Å². The van der Waals surface area contributed by atoms with Crippen LogP contribution in [-0.4, -0.2) is 12.0 Å². The lowest BCUT2D eigenvalue weighted by molar-refractivity contribution is -0.133. The highest BCUT2D eigenvalue weighted by Crippen LogP contribution is 2.18. The van der Waals surface area contributed by atoms with Crippen molar-refractivity contribution < 1.29 is 18.3 Å². The summed E-state index contributed by atoms with van der Waals surface area (Å²) >= 11 is 0. The first kappa shape index (κ1) is 17.1. The minimum Gasteiger partial charge on any atom is -0.364 e. The number of carbonyl (C=O) groups is 1. The standard InChI is InChI=1S/C18H19F2NO2/c1-12(16-9-8-15(19)10-17(16)20)21-18(22)13(2)23-11-14-6-4-3-5-7-14/h3-10,12-13H,11H2,1-2H3,(H,21,22)/t12-,13+/m1/s1. The molecule has 0 unspecified atom stereocenters. The van der Waals surface area contributed by atoms with E-state index >= 15 is 0 Å². The average Bonchev–Trinajstić information content (AvgIpc) is 2.53. The second kappa shape index (κ2) is 7.83. The van der Waals surface area contributed by atoms with Gasteiger partial charge in [0, 0.05) is 11.6 Å². The van der Waals surface area contributed by atoms with Gasteiger partial charge in [-0.15, -0.1) is 0 Å². The molecule has 0 aromatic heterocycles. The fourth-order valence-corrected chi connectivity index (χ4v) is 2.13. The number of amides is 1. The van der Waals surface area contributed by atoms with Crippen LogP contribution in [0.2, 0.25) is 0 Å². The Morgan fingerprint density at radius 1 is 1.13 bits per heavy atom. The van der Waals surface area contributed by atoms with Gasteiger partial charge in [-0.1, -0.05) is 36.4 Å². The number of rotatable bonds is 6. The summed E-state index contributed by atoms with van der Waals surface area (Å²) in [5.41, 5.74) is 1.19. The van der Waals surface area contributed by atoms with Crippen LogP contribution in [0.4, 0.5) is 8.78 Å². The Hall–Kier alpha value is -2.27. The zero-order valence-electron chi connectivity index (χ0n) is 13.1. The molecule has 0 saturated carbocycles. The van der Waals surface area contributed by atoms with Crippen molar-refractivity contribution in [2.24, 2.45) is 0 Å². The number of carbonyl (C=O) groups excluding carboxylic acids is 1. The van der Waals surface area contributed by atoms with Crippen molar-refractivity contribution in [1.29, 1.82) is 0 Å². The zero-order valence-corrected chi connectivity index (χ0v) is 13.1. The first-order chi connectivity index (χ1) is 11.0. The van der Waals surface area contributed by atoms with Crippen LogP contribution in [0, 0.1) is 11.6 Å². The fraction of sp³-hybridized carbons (Fsp3) is 0.278. The molecule has 2 aromatic carbocycles. The summed E-state index contributed by atoms with van der Waals surface area (Å²) in [5, 5.41) is 2.67. The predicted octanol–water partition coefficient (Wildman–Crippen LogP) is 3.75. The molecule has 0 aliphatic carbocycles. The normalized spacial score (nSPS) is 13.4. The van der Waals surface area contributed by atoms with Gasteiger partial charge in [0.15, 0.2) is 0 Å². The first-order valence-electron chi connectivity index (χ1n) is 7.38. The molecule has 0 saturated heterocycles. The number of ether oxygens (including phenoxy) is 1. The molecule has 0 heterocycles. The highest BCUT2D eigenvalue weighted by molar-refractivity contribution is 5.80. The molecule has 23 heavy (non-hydrogen) atoms. The van der Waals surface area contributed by atoms with Gasteiger partial charge in [0.05, 0.1) is 12.6 Å². The molecule has 1 amide bonds. The van der Waals surface area contributed by atoms with Gasteiger partial charge in [0.25, 0.3) is 0 Å². The van der Waals surface area contributed by atoms with Crippen LogP contribution in [0.3, 0.4) is 0 Å². The van der Waals surface area contributed by atoms with Gasteiger partial charge in [-0.05, 0) is 25.5 Å². The van der Waals surface area contributed by atoms with Crippen molar-refractivity contribution in [2.45, 2.75) is 32.6 Å². The fourth-order valence-electron chi connectivity index (χ4n) is 2.13. The smallest absolute Gasteiger partial charge is 0.249 e. The summed E-state index contributed by atoms with van der Waals surface area (Å²) in [6, 6.07) is 12.2. The van der Waals surface area contributed by atoms with Crippen LogP contribution in [0.5, 0.6) is 0 Å². The largest absolute Gasteiger partial charge is 0.364 e. The van der Waals surface area contributed by atoms with Crippen molar-refractivity contribution in [3.8, 4) is 0 Å². The van der Waals surface area contributed by atoms with Crippen molar-refractivity contribution in [3.63, 3.8) is 0 Å². The van der Waals surface area contributed by atoms with E-state index in [9.17, 15) is 13.6 Å². The second-order valence-corrected chi connectivity index (χ2v) is 5.33. The van der Waals surface area contributed by atoms with Crippen molar-refractivity contribution in [1.82, 2.24) is 5.32 Å². The molecule has 0 radical (unpaired) electrons. The molecule has 0 spiro atoms. The SMILES string of the molecule is C[C@H](OCc1ccccc1)C(=O)N[C@H](C)c1ccc(F)cc1F. The van der Waals surface area contributed by atoms with Crippen LogP contribution in [-0.2, 0) is 16.1 Å². The monoisotopic (exact) mass is 319 g/mol. The minimum absolute atomic E-state index is 0.231. The van der Waals surface area contributed by atoms with Crippen molar-refractivity contribution >= 4 is 5.91 Å². The number of halogens is 2. The highest BCUT2D eigenvalue weighted by atomic mass is 19.1. The Balaban J connectivity index is 1.89. The summed E-state index contributed by atoms with van der Waals surface area (Å²) in [4.78, 5) is 12.1. The van der Waals surface area contributed by atoms with Gasteiger partial charge in [-0.2, -0.15) is 0 Å². The highest BCUT2D eigenvalue weighted by Gasteiger charge is 2.19. The number of hydrogen-bond donors (Lipinski definition) is 1. The van der Waals surface area contributed by atoms with Crippen LogP contribution < -0.4 is 5.32 Å². The van der Waals surface area contributed by atoms with E-state index in [-0.39, 0.29) is 11.5 Å². The predicted molar refractivity (Wildman–Crippen MR) is 83.6 cm³/mol. The molecule has 0 fully saturated rings. The molecule has 0 aliphatic heterocycles. The Morgan fingerprint density at radius 2 is 1.83 bits per heavy atom. The van der Waals surface area contributed by atoms with Gasteiger partial charge in [-0.25, -0.2) is 8.78 Å². The summed E-state index contributed by atoms with van der Waals surface area (Å²) in [7, 11) is 0. The maximum Gasteiger partial charge on any atom is 0.249 e. The molecular formula is C18H19F2NO2. The third-order valence-corrected chi connectivity index (χ3v) is 3.50. The number of hydrogen-bond acceptors (Lipinski definition) is 2. The van der Waals surface area contributed by atoms with Gasteiger partial charge in [-0.3, -0.25) is 4.79 Å². The Kier molecular flexibility index (Phi) is 5.82. The lowest BCUT2D eigenvalue weighted by Crippen LogP contribution is -2.36. The van der Waals surface area contributed by atoms with Crippen LogP contribution in [0.15, 0.2) is 48.5 Å². The summed E-state index contributed by atoms with van der Waals surface area (Å²) in [5.74, 6) is -1.68. The summed E-state index contributed by atoms with van der Waals surface area (Å²) in [6.07, 6.45) is -0.679. The van der Waals surface area contributed by atoms with Gasteiger partial charge >= 0.3 is 0 Å². The minimum atomic E-state index is -0.685. The summed E-state index contributed by atoms with van der Waals surface area (Å²) in [6.45, 7) is 3.58. The van der Waals surface area contributed by atoms with Crippen molar-refractivity contribution in [3.05, 3.63) is 71.3 Å². The van der Waals surface area contributed by atoms with E-state index in [1.807, 2.05) is 30.3 Å². The Morgan fingerprint density at radius 3 is 2.48 bits per heavy atom. The first-order valence-corrected chi connectivity index (χ1v) is 7.38. The lowest BCUT2D eigenvalue weighted by Gasteiger charge is -2.19. The van der Waals surface area contributed by atoms with E-state index in [2.05, 4.69) is 5.32 Å². The molecule has 2 aromatic rings. The average molecular weight is 319 g/mol. The Labute approximate surface area is 134 Å². The Bertz CT molecular complexity index is 661. The molecule has 1 N–H and O–H groups in total. The molecule has 3 nitrogen and oxygen atoms in total. The number of benzene rings is 2. The van der Waals surface area contributed by atoms with Gasteiger partial charge in [0.1, 0.15) is 17.7 Å². The van der Waals surface area contributed by atoms with E-state index in [1.54, 1.807) is 13.8 Å². The lowest BCUT2D eigenvalue weighted by atomic mass is 10.1. The zero-order chi connectivity index (χ0) is 16.8.